The van der Waals surface area contributed by atoms with Gasteiger partial charge in [-0.15, -0.1) is 0 Å². The molecule has 2 N–H and O–H groups in total. The van der Waals surface area contributed by atoms with Crippen LogP contribution < -0.4 is 20.1 Å². The highest BCUT2D eigenvalue weighted by Crippen LogP contribution is 2.27. The number of amides is 1. The Morgan fingerprint density at radius 3 is 2.63 bits per heavy atom. The molecule has 27 heavy (non-hydrogen) atoms. The SMILES string of the molecule is CCOc1ccccc1Nc1ccc(C(=O)Nc2cccc(OC)c2)nc1. The van der Waals surface area contributed by atoms with Gasteiger partial charge in [-0.05, 0) is 43.3 Å². The lowest BCUT2D eigenvalue weighted by Gasteiger charge is -2.12. The van der Waals surface area contributed by atoms with Crippen molar-refractivity contribution in [2.45, 2.75) is 6.92 Å². The second-order valence-corrected chi connectivity index (χ2v) is 5.67. The van der Waals surface area contributed by atoms with Crippen LogP contribution in [-0.2, 0) is 0 Å². The highest BCUT2D eigenvalue weighted by molar-refractivity contribution is 6.03. The highest BCUT2D eigenvalue weighted by Gasteiger charge is 2.09. The maximum Gasteiger partial charge on any atom is 0.274 e. The normalized spacial score (nSPS) is 10.1. The minimum absolute atomic E-state index is 0.287. The Labute approximate surface area is 158 Å². The van der Waals surface area contributed by atoms with Crippen molar-refractivity contribution in [3.63, 3.8) is 0 Å². The van der Waals surface area contributed by atoms with E-state index >= 15 is 0 Å². The quantitative estimate of drug-likeness (QED) is 0.647. The molecule has 0 fully saturated rings. The van der Waals surface area contributed by atoms with Crippen LogP contribution in [0, 0.1) is 0 Å². The molecule has 0 saturated carbocycles. The van der Waals surface area contributed by atoms with Crippen molar-refractivity contribution in [2.75, 3.05) is 24.4 Å². The molecule has 0 radical (unpaired) electrons. The number of rotatable bonds is 7. The predicted octanol–water partition coefficient (Wildman–Crippen LogP) is 4.48. The monoisotopic (exact) mass is 363 g/mol. The molecule has 6 heteroatoms. The Hall–Kier alpha value is -3.54. The number of benzene rings is 2. The fourth-order valence-corrected chi connectivity index (χ4v) is 2.50. The van der Waals surface area contributed by atoms with Crippen LogP contribution in [0.3, 0.4) is 0 Å². The first-order valence-corrected chi connectivity index (χ1v) is 8.60. The number of anilines is 3. The maximum atomic E-state index is 12.4. The van der Waals surface area contributed by atoms with Gasteiger partial charge in [0.1, 0.15) is 17.2 Å². The average Bonchev–Trinajstić information content (AvgIpc) is 2.70. The Morgan fingerprint density at radius 1 is 1.04 bits per heavy atom. The highest BCUT2D eigenvalue weighted by atomic mass is 16.5. The number of carbonyl (C=O) groups excluding carboxylic acids is 1. The molecule has 2 aromatic carbocycles. The van der Waals surface area contributed by atoms with Crippen LogP contribution in [0.2, 0.25) is 0 Å². The van der Waals surface area contributed by atoms with E-state index < -0.39 is 0 Å². The van der Waals surface area contributed by atoms with Gasteiger partial charge in [0.25, 0.3) is 5.91 Å². The van der Waals surface area contributed by atoms with E-state index in [1.165, 1.54) is 0 Å². The minimum Gasteiger partial charge on any atom is -0.497 e. The zero-order valence-corrected chi connectivity index (χ0v) is 15.2. The molecule has 0 bridgehead atoms. The summed E-state index contributed by atoms with van der Waals surface area (Å²) in [6.07, 6.45) is 1.61. The van der Waals surface area contributed by atoms with Gasteiger partial charge in [0, 0.05) is 11.8 Å². The molecule has 0 spiro atoms. The van der Waals surface area contributed by atoms with Crippen molar-refractivity contribution in [2.24, 2.45) is 0 Å². The summed E-state index contributed by atoms with van der Waals surface area (Å²) in [7, 11) is 1.58. The molecule has 0 saturated heterocycles. The number of aromatic nitrogens is 1. The molecule has 0 unspecified atom stereocenters. The van der Waals surface area contributed by atoms with Crippen molar-refractivity contribution < 1.29 is 14.3 Å². The molecular weight excluding hydrogens is 342 g/mol. The minimum atomic E-state index is -0.287. The van der Waals surface area contributed by atoms with Gasteiger partial charge in [-0.2, -0.15) is 0 Å². The largest absolute Gasteiger partial charge is 0.497 e. The summed E-state index contributed by atoms with van der Waals surface area (Å²) < 4.78 is 10.8. The van der Waals surface area contributed by atoms with Crippen LogP contribution in [0.4, 0.5) is 17.1 Å². The van der Waals surface area contributed by atoms with Gasteiger partial charge in [-0.3, -0.25) is 4.79 Å². The summed E-state index contributed by atoms with van der Waals surface area (Å²) in [6, 6.07) is 18.3. The predicted molar refractivity (Wildman–Crippen MR) is 106 cm³/mol. The number of ether oxygens (including phenoxy) is 2. The third kappa shape index (κ3) is 4.76. The van der Waals surface area contributed by atoms with Crippen molar-refractivity contribution in [3.05, 3.63) is 72.6 Å². The summed E-state index contributed by atoms with van der Waals surface area (Å²) in [5, 5.41) is 6.06. The van der Waals surface area contributed by atoms with Gasteiger partial charge in [0.2, 0.25) is 0 Å². The first-order chi connectivity index (χ1) is 13.2. The number of hydrogen-bond donors (Lipinski definition) is 2. The van der Waals surface area contributed by atoms with Gasteiger partial charge in [-0.1, -0.05) is 18.2 Å². The van der Waals surface area contributed by atoms with E-state index in [-0.39, 0.29) is 5.91 Å². The van der Waals surface area contributed by atoms with Crippen molar-refractivity contribution >= 4 is 23.0 Å². The summed E-state index contributed by atoms with van der Waals surface area (Å²) in [5.74, 6) is 1.15. The second-order valence-electron chi connectivity index (χ2n) is 5.67. The molecule has 1 aromatic heterocycles. The molecule has 6 nitrogen and oxygen atoms in total. The van der Waals surface area contributed by atoms with E-state index in [9.17, 15) is 4.79 Å². The lowest BCUT2D eigenvalue weighted by Crippen LogP contribution is -2.13. The fraction of sp³-hybridized carbons (Fsp3) is 0.143. The van der Waals surface area contributed by atoms with Crippen LogP contribution in [0.5, 0.6) is 11.5 Å². The van der Waals surface area contributed by atoms with E-state index in [0.29, 0.717) is 23.7 Å². The number of nitrogens with one attached hydrogen (secondary N) is 2. The van der Waals surface area contributed by atoms with Crippen molar-refractivity contribution in [3.8, 4) is 11.5 Å². The van der Waals surface area contributed by atoms with E-state index in [1.807, 2.05) is 43.3 Å². The first-order valence-electron chi connectivity index (χ1n) is 8.60. The van der Waals surface area contributed by atoms with Crippen LogP contribution in [-0.4, -0.2) is 24.6 Å². The molecule has 0 aliphatic rings. The molecule has 1 amide bonds. The Kier molecular flexibility index (Phi) is 5.89. The van der Waals surface area contributed by atoms with E-state index in [0.717, 1.165) is 17.1 Å². The molecule has 0 atom stereocenters. The van der Waals surface area contributed by atoms with Gasteiger partial charge in [-0.25, -0.2) is 4.98 Å². The van der Waals surface area contributed by atoms with E-state index in [1.54, 1.807) is 37.6 Å². The van der Waals surface area contributed by atoms with Crippen LogP contribution in [0.1, 0.15) is 17.4 Å². The topological polar surface area (TPSA) is 72.5 Å². The lowest BCUT2D eigenvalue weighted by molar-refractivity contribution is 0.102. The molecule has 0 aliphatic heterocycles. The lowest BCUT2D eigenvalue weighted by atomic mass is 10.2. The molecule has 1 heterocycles. The van der Waals surface area contributed by atoms with Gasteiger partial charge in [0.05, 0.1) is 31.3 Å². The number of pyridine rings is 1. The number of para-hydroxylation sites is 2. The van der Waals surface area contributed by atoms with Crippen molar-refractivity contribution in [1.82, 2.24) is 4.98 Å². The smallest absolute Gasteiger partial charge is 0.274 e. The molecular formula is C21H21N3O3. The Morgan fingerprint density at radius 2 is 1.89 bits per heavy atom. The number of methoxy groups -OCH3 is 1. The Balaban J connectivity index is 1.69. The van der Waals surface area contributed by atoms with Crippen LogP contribution >= 0.6 is 0 Å². The number of carbonyl (C=O) groups is 1. The summed E-state index contributed by atoms with van der Waals surface area (Å²) in [5.41, 5.74) is 2.57. The number of nitrogens with zero attached hydrogens (tertiary/aromatic N) is 1. The van der Waals surface area contributed by atoms with Crippen LogP contribution in [0.15, 0.2) is 66.9 Å². The third-order valence-electron chi connectivity index (χ3n) is 3.79. The van der Waals surface area contributed by atoms with Gasteiger partial charge in [0.15, 0.2) is 0 Å². The molecule has 0 aliphatic carbocycles. The molecule has 3 aromatic rings. The first kappa shape index (κ1) is 18.3. The molecule has 138 valence electrons. The van der Waals surface area contributed by atoms with Crippen molar-refractivity contribution in [1.29, 1.82) is 0 Å². The molecule has 3 rings (SSSR count). The van der Waals surface area contributed by atoms with Crippen LogP contribution in [0.25, 0.3) is 0 Å². The fourth-order valence-electron chi connectivity index (χ4n) is 2.50. The summed E-state index contributed by atoms with van der Waals surface area (Å²) in [6.45, 7) is 2.52. The average molecular weight is 363 g/mol. The van der Waals surface area contributed by atoms with E-state index in [4.69, 9.17) is 9.47 Å². The Bertz CT molecular complexity index is 911. The second kappa shape index (κ2) is 8.71. The van der Waals surface area contributed by atoms with Gasteiger partial charge < -0.3 is 20.1 Å². The summed E-state index contributed by atoms with van der Waals surface area (Å²) in [4.78, 5) is 16.6. The van der Waals surface area contributed by atoms with Gasteiger partial charge >= 0.3 is 0 Å². The number of hydrogen-bond acceptors (Lipinski definition) is 5. The third-order valence-corrected chi connectivity index (χ3v) is 3.79. The zero-order chi connectivity index (χ0) is 19.1. The standard InChI is InChI=1S/C21H21N3O3/c1-3-27-20-10-5-4-9-18(20)23-16-11-12-19(22-14-16)21(25)24-15-7-6-8-17(13-15)26-2/h4-14,23H,3H2,1-2H3,(H,24,25). The zero-order valence-electron chi connectivity index (χ0n) is 15.2. The van der Waals surface area contributed by atoms with E-state index in [2.05, 4.69) is 15.6 Å². The summed E-state index contributed by atoms with van der Waals surface area (Å²) >= 11 is 0. The maximum absolute atomic E-state index is 12.4.